The third-order valence-corrected chi connectivity index (χ3v) is 7.81. The lowest BCUT2D eigenvalue weighted by Crippen LogP contribution is -2.17. The topological polar surface area (TPSA) is 128 Å². The van der Waals surface area contributed by atoms with Crippen LogP contribution in [0, 0.1) is 27.7 Å². The van der Waals surface area contributed by atoms with E-state index in [1.165, 1.54) is 0 Å². The van der Waals surface area contributed by atoms with Crippen molar-refractivity contribution in [3.63, 3.8) is 0 Å². The van der Waals surface area contributed by atoms with E-state index < -0.39 is 10.0 Å². The lowest BCUT2D eigenvalue weighted by Gasteiger charge is -2.17. The van der Waals surface area contributed by atoms with Crippen molar-refractivity contribution in [2.24, 2.45) is 0 Å². The molecule has 2 aromatic carbocycles. The van der Waals surface area contributed by atoms with Crippen LogP contribution in [0.4, 0.5) is 11.4 Å². The van der Waals surface area contributed by atoms with E-state index in [1.807, 2.05) is 49.7 Å². The molecule has 1 amide bonds. The molecule has 0 bridgehead atoms. The number of rotatable bonds is 12. The summed E-state index contributed by atoms with van der Waals surface area (Å²) < 4.78 is 41.4. The number of aryl methyl sites for hydroxylation is 5. The van der Waals surface area contributed by atoms with Gasteiger partial charge < -0.3 is 19.1 Å². The van der Waals surface area contributed by atoms with Gasteiger partial charge >= 0.3 is 0 Å². The molecule has 2 heterocycles. The molecule has 212 valence electrons. The first-order valence-electron chi connectivity index (χ1n) is 12.7. The maximum Gasteiger partial charge on any atom is 0.232 e. The van der Waals surface area contributed by atoms with Gasteiger partial charge in [-0.1, -0.05) is 5.16 Å². The Kier molecular flexibility index (Phi) is 9.16. The van der Waals surface area contributed by atoms with E-state index in [0.717, 1.165) is 16.7 Å². The average molecular weight is 586 g/mol. The van der Waals surface area contributed by atoms with Crippen molar-refractivity contribution in [1.82, 2.24) is 14.7 Å². The Hall–Kier alpha value is -3.83. The van der Waals surface area contributed by atoms with Crippen LogP contribution in [0.1, 0.15) is 35.4 Å². The Morgan fingerprint density at radius 3 is 2.45 bits per heavy atom. The minimum absolute atomic E-state index is 0.101. The molecule has 4 aromatic rings. The minimum Gasteiger partial charge on any atom is -0.457 e. The molecule has 40 heavy (non-hydrogen) atoms. The minimum atomic E-state index is -3.62. The Labute approximate surface area is 238 Å². The van der Waals surface area contributed by atoms with E-state index in [9.17, 15) is 13.2 Å². The molecule has 12 heteroatoms. The second-order valence-electron chi connectivity index (χ2n) is 9.55. The molecule has 0 radical (unpaired) electrons. The van der Waals surface area contributed by atoms with Gasteiger partial charge in [-0.2, -0.15) is 0 Å². The monoisotopic (exact) mass is 585 g/mol. The summed E-state index contributed by atoms with van der Waals surface area (Å²) in [6.07, 6.45) is 5.79. The highest BCUT2D eigenvalue weighted by molar-refractivity contribution is 7.92. The number of ether oxygens (including phenoxy) is 1. The summed E-state index contributed by atoms with van der Waals surface area (Å²) in [5.41, 5.74) is 4.74. The molecule has 4 rings (SSSR count). The standard InChI is InChI=1S/C28H32ClN5O5S/c1-18-12-23(31-26(35)6-9-34-10-8-30-17-34)13-19(2)28(18)38-25-15-22(27-20(3)32-39-21(27)4)14-24(16-25)33-40(36,37)11-5-7-29/h8,10,12-17,33H,5-7,9,11H2,1-4H3,(H,31,35). The third-order valence-electron chi connectivity index (χ3n) is 6.17. The van der Waals surface area contributed by atoms with Gasteiger partial charge in [0.25, 0.3) is 0 Å². The molecule has 0 atom stereocenters. The number of hydrogen-bond donors (Lipinski definition) is 2. The quantitative estimate of drug-likeness (QED) is 0.196. The van der Waals surface area contributed by atoms with Crippen molar-refractivity contribution in [2.75, 3.05) is 21.7 Å². The molecule has 0 unspecified atom stereocenters. The van der Waals surface area contributed by atoms with Crippen molar-refractivity contribution >= 4 is 38.9 Å². The number of hydrogen-bond acceptors (Lipinski definition) is 7. The van der Waals surface area contributed by atoms with Gasteiger partial charge in [-0.05, 0) is 75.1 Å². The number of amides is 1. The number of aromatic nitrogens is 3. The first kappa shape index (κ1) is 29.2. The normalized spacial score (nSPS) is 11.4. The predicted molar refractivity (Wildman–Crippen MR) is 156 cm³/mol. The lowest BCUT2D eigenvalue weighted by molar-refractivity contribution is -0.116. The highest BCUT2D eigenvalue weighted by Crippen LogP contribution is 2.37. The van der Waals surface area contributed by atoms with Crippen LogP contribution in [0.5, 0.6) is 11.5 Å². The fourth-order valence-electron chi connectivity index (χ4n) is 4.41. The summed E-state index contributed by atoms with van der Waals surface area (Å²) in [5, 5.41) is 6.97. The van der Waals surface area contributed by atoms with Crippen LogP contribution in [0.15, 0.2) is 53.6 Å². The number of sulfonamides is 1. The summed E-state index contributed by atoms with van der Waals surface area (Å²) >= 11 is 5.70. The van der Waals surface area contributed by atoms with Gasteiger partial charge in [-0.15, -0.1) is 11.6 Å². The van der Waals surface area contributed by atoms with Crippen LogP contribution >= 0.6 is 11.6 Å². The number of halogens is 1. The molecule has 2 N–H and O–H groups in total. The van der Waals surface area contributed by atoms with Crippen LogP contribution in [-0.2, 0) is 21.4 Å². The molecular formula is C28H32ClN5O5S. The maximum atomic E-state index is 12.6. The molecule has 0 aliphatic rings. The number of alkyl halides is 1. The molecule has 0 fully saturated rings. The molecule has 0 spiro atoms. The number of anilines is 2. The number of carbonyl (C=O) groups is 1. The van der Waals surface area contributed by atoms with Crippen molar-refractivity contribution in [3.05, 3.63) is 71.6 Å². The Balaban J connectivity index is 1.60. The van der Waals surface area contributed by atoms with Crippen molar-refractivity contribution in [1.29, 1.82) is 0 Å². The van der Waals surface area contributed by atoms with Gasteiger partial charge in [-0.3, -0.25) is 9.52 Å². The van der Waals surface area contributed by atoms with Crippen LogP contribution in [0.3, 0.4) is 0 Å². The maximum absolute atomic E-state index is 12.6. The zero-order valence-corrected chi connectivity index (χ0v) is 24.4. The van der Waals surface area contributed by atoms with E-state index in [-0.39, 0.29) is 17.5 Å². The van der Waals surface area contributed by atoms with Gasteiger partial charge in [0.2, 0.25) is 15.9 Å². The fraction of sp³-hybridized carbons (Fsp3) is 0.321. The summed E-state index contributed by atoms with van der Waals surface area (Å²) in [5.74, 6) is 1.66. The SMILES string of the molecule is Cc1cc(NC(=O)CCn2ccnc2)cc(C)c1Oc1cc(NS(=O)(=O)CCCCl)cc(-c2c(C)noc2C)c1. The summed E-state index contributed by atoms with van der Waals surface area (Å²) in [6, 6.07) is 8.84. The van der Waals surface area contributed by atoms with Gasteiger partial charge in [-0.25, -0.2) is 13.4 Å². The number of nitrogens with zero attached hydrogens (tertiary/aromatic N) is 3. The van der Waals surface area contributed by atoms with E-state index in [4.69, 9.17) is 20.9 Å². The van der Waals surface area contributed by atoms with Crippen LogP contribution in [-0.4, -0.2) is 40.7 Å². The second-order valence-corrected chi connectivity index (χ2v) is 11.8. The smallest absolute Gasteiger partial charge is 0.232 e. The lowest BCUT2D eigenvalue weighted by atomic mass is 10.0. The van der Waals surface area contributed by atoms with Crippen molar-refractivity contribution in [3.8, 4) is 22.6 Å². The molecule has 0 saturated carbocycles. The summed E-state index contributed by atoms with van der Waals surface area (Å²) in [6.45, 7) is 7.92. The number of carbonyl (C=O) groups excluding carboxylic acids is 1. The molecule has 0 saturated heterocycles. The Morgan fingerprint density at radius 2 is 1.82 bits per heavy atom. The van der Waals surface area contributed by atoms with E-state index in [2.05, 4.69) is 20.2 Å². The number of imidazole rings is 1. The molecule has 2 aromatic heterocycles. The first-order chi connectivity index (χ1) is 19.0. The zero-order chi connectivity index (χ0) is 28.9. The van der Waals surface area contributed by atoms with Crippen LogP contribution in [0.2, 0.25) is 0 Å². The van der Waals surface area contributed by atoms with Crippen molar-refractivity contribution < 1.29 is 22.5 Å². The number of nitrogens with one attached hydrogen (secondary N) is 2. The second kappa shape index (κ2) is 12.6. The zero-order valence-electron chi connectivity index (χ0n) is 22.8. The Bertz CT molecular complexity index is 1560. The van der Waals surface area contributed by atoms with Crippen LogP contribution < -0.4 is 14.8 Å². The van der Waals surface area contributed by atoms with Gasteiger partial charge in [0.15, 0.2) is 0 Å². The van der Waals surface area contributed by atoms with E-state index in [1.54, 1.807) is 31.6 Å². The van der Waals surface area contributed by atoms with Gasteiger partial charge in [0.05, 0.1) is 23.5 Å². The average Bonchev–Trinajstić information content (AvgIpc) is 3.52. The molecule has 0 aliphatic heterocycles. The summed E-state index contributed by atoms with van der Waals surface area (Å²) in [4.78, 5) is 16.5. The fourth-order valence-corrected chi connectivity index (χ4v) is 5.80. The van der Waals surface area contributed by atoms with E-state index in [0.29, 0.717) is 59.3 Å². The highest BCUT2D eigenvalue weighted by Gasteiger charge is 2.18. The largest absolute Gasteiger partial charge is 0.457 e. The number of benzene rings is 2. The first-order valence-corrected chi connectivity index (χ1v) is 14.9. The van der Waals surface area contributed by atoms with E-state index >= 15 is 0 Å². The van der Waals surface area contributed by atoms with Crippen LogP contribution in [0.25, 0.3) is 11.1 Å². The Morgan fingerprint density at radius 1 is 1.07 bits per heavy atom. The summed E-state index contributed by atoms with van der Waals surface area (Å²) in [7, 11) is -3.62. The van der Waals surface area contributed by atoms with Crippen molar-refractivity contribution in [2.45, 2.75) is 47.1 Å². The van der Waals surface area contributed by atoms with Gasteiger partial charge in [0.1, 0.15) is 17.3 Å². The highest BCUT2D eigenvalue weighted by atomic mass is 35.5. The molecule has 10 nitrogen and oxygen atoms in total. The predicted octanol–water partition coefficient (Wildman–Crippen LogP) is 5.96. The molecule has 0 aliphatic carbocycles. The van der Waals surface area contributed by atoms with Gasteiger partial charge in [0, 0.05) is 48.6 Å². The molecular weight excluding hydrogens is 554 g/mol. The third kappa shape index (κ3) is 7.42.